The first-order chi connectivity index (χ1) is 20.4. The Balaban J connectivity index is 1.39. The van der Waals surface area contributed by atoms with E-state index in [9.17, 15) is 14.7 Å². The largest absolute Gasteiger partial charge is 0.507 e. The molecule has 1 saturated heterocycles. The fourth-order valence-corrected chi connectivity index (χ4v) is 6.67. The Morgan fingerprint density at radius 2 is 1.86 bits per heavy atom. The summed E-state index contributed by atoms with van der Waals surface area (Å²) < 4.78 is 17.6. The van der Waals surface area contributed by atoms with E-state index in [1.807, 2.05) is 31.2 Å². The second-order valence-corrected chi connectivity index (χ2v) is 11.9. The van der Waals surface area contributed by atoms with Crippen molar-refractivity contribution in [2.24, 2.45) is 0 Å². The van der Waals surface area contributed by atoms with Gasteiger partial charge in [-0.05, 0) is 60.5 Å². The molecule has 1 N–H and O–H groups in total. The number of halogens is 1. The Morgan fingerprint density at radius 1 is 1.07 bits per heavy atom. The number of fused-ring (bicyclic) bond motifs is 1. The number of aliphatic hydroxyl groups is 1. The van der Waals surface area contributed by atoms with Gasteiger partial charge >= 0.3 is 5.91 Å². The molecular weight excluding hydrogens is 598 g/mol. The number of rotatable bonds is 8. The number of thioether (sulfide) groups is 1. The van der Waals surface area contributed by atoms with Crippen LogP contribution in [0.2, 0.25) is 5.02 Å². The predicted octanol–water partition coefficient (Wildman–Crippen LogP) is 6.28. The number of carbonyl (C=O) groups excluding carboxylic acids is 2. The zero-order valence-electron chi connectivity index (χ0n) is 22.3. The molecule has 3 heterocycles. The summed E-state index contributed by atoms with van der Waals surface area (Å²) in [5, 5.41) is 21.0. The van der Waals surface area contributed by atoms with Crippen LogP contribution in [0.3, 0.4) is 0 Å². The molecule has 6 rings (SSSR count). The summed E-state index contributed by atoms with van der Waals surface area (Å²) in [7, 11) is 0. The molecule has 1 aromatic heterocycles. The SMILES string of the molecule is CCOc1cccc([C@H]2/C(=C(\O)c3ccc4c(c3)OCCO4)C(=O)C(=O)N2c2nnc(SCc3ccc(Cl)cc3)s2)c1. The summed E-state index contributed by atoms with van der Waals surface area (Å²) >= 11 is 8.64. The molecule has 4 aromatic rings. The third-order valence-corrected chi connectivity index (χ3v) is 9.00. The number of hydrogen-bond donors (Lipinski definition) is 1. The number of amides is 1. The summed E-state index contributed by atoms with van der Waals surface area (Å²) in [6.07, 6.45) is 0. The van der Waals surface area contributed by atoms with Gasteiger partial charge in [-0.3, -0.25) is 14.5 Å². The minimum absolute atomic E-state index is 0.0732. The van der Waals surface area contributed by atoms with Crippen LogP contribution in [0.25, 0.3) is 5.76 Å². The van der Waals surface area contributed by atoms with Crippen LogP contribution >= 0.6 is 34.7 Å². The van der Waals surface area contributed by atoms with E-state index in [4.69, 9.17) is 25.8 Å². The maximum atomic E-state index is 13.6. The third kappa shape index (κ3) is 5.55. The molecule has 42 heavy (non-hydrogen) atoms. The van der Waals surface area contributed by atoms with Gasteiger partial charge in [0.1, 0.15) is 24.7 Å². The summed E-state index contributed by atoms with van der Waals surface area (Å²) in [4.78, 5) is 28.4. The van der Waals surface area contributed by atoms with Gasteiger partial charge < -0.3 is 19.3 Å². The summed E-state index contributed by atoms with van der Waals surface area (Å²) in [6.45, 7) is 3.08. The fourth-order valence-electron chi connectivity index (χ4n) is 4.72. The highest BCUT2D eigenvalue weighted by Crippen LogP contribution is 2.45. The van der Waals surface area contributed by atoms with E-state index in [1.165, 1.54) is 28.0 Å². The zero-order chi connectivity index (χ0) is 29.2. The number of Topliss-reactive ketones (excluding diaryl/α,β-unsaturated/α-hetero) is 1. The number of aromatic nitrogens is 2. The van der Waals surface area contributed by atoms with Crippen LogP contribution in [0.4, 0.5) is 5.13 Å². The van der Waals surface area contributed by atoms with Crippen LogP contribution in [0, 0.1) is 0 Å². The van der Waals surface area contributed by atoms with Crippen molar-refractivity contribution in [1.29, 1.82) is 0 Å². The van der Waals surface area contributed by atoms with E-state index in [0.29, 0.717) is 63.3 Å². The summed E-state index contributed by atoms with van der Waals surface area (Å²) in [6, 6.07) is 18.5. The highest BCUT2D eigenvalue weighted by molar-refractivity contribution is 8.00. The first kappa shape index (κ1) is 28.1. The van der Waals surface area contributed by atoms with Crippen LogP contribution in [-0.2, 0) is 15.3 Å². The Kier molecular flexibility index (Phi) is 8.05. The summed E-state index contributed by atoms with van der Waals surface area (Å²) in [5.74, 6) is 0.190. The fraction of sp³-hybridized carbons (Fsp3) is 0.200. The molecule has 3 aromatic carbocycles. The average Bonchev–Trinajstić information content (AvgIpc) is 3.58. The van der Waals surface area contributed by atoms with Gasteiger partial charge in [0.15, 0.2) is 15.8 Å². The molecule has 214 valence electrons. The van der Waals surface area contributed by atoms with Gasteiger partial charge in [0.2, 0.25) is 5.13 Å². The number of carbonyl (C=O) groups is 2. The number of anilines is 1. The maximum absolute atomic E-state index is 13.6. The zero-order valence-corrected chi connectivity index (χ0v) is 24.7. The molecular formula is C30H24ClN3O6S2. The molecule has 0 spiro atoms. The van der Waals surface area contributed by atoms with Gasteiger partial charge in [-0.1, -0.05) is 59.0 Å². The highest BCUT2D eigenvalue weighted by atomic mass is 35.5. The van der Waals surface area contributed by atoms with E-state index in [1.54, 1.807) is 42.5 Å². The Morgan fingerprint density at radius 3 is 2.64 bits per heavy atom. The normalized spacial score (nSPS) is 17.5. The minimum Gasteiger partial charge on any atom is -0.507 e. The Bertz CT molecular complexity index is 1690. The molecule has 0 radical (unpaired) electrons. The third-order valence-electron chi connectivity index (χ3n) is 6.62. The highest BCUT2D eigenvalue weighted by Gasteiger charge is 2.48. The second kappa shape index (κ2) is 12.0. The van der Waals surface area contributed by atoms with Crippen molar-refractivity contribution in [3.05, 3.63) is 94.0 Å². The number of hydrogen-bond acceptors (Lipinski definition) is 10. The van der Waals surface area contributed by atoms with Crippen molar-refractivity contribution in [1.82, 2.24) is 10.2 Å². The van der Waals surface area contributed by atoms with Crippen LogP contribution in [0.5, 0.6) is 17.2 Å². The lowest BCUT2D eigenvalue weighted by atomic mass is 9.95. The van der Waals surface area contributed by atoms with Crippen molar-refractivity contribution >= 4 is 57.3 Å². The molecule has 9 nitrogen and oxygen atoms in total. The Hall–Kier alpha value is -4.06. The number of nitrogens with zero attached hydrogens (tertiary/aromatic N) is 3. The van der Waals surface area contributed by atoms with Crippen molar-refractivity contribution < 1.29 is 28.9 Å². The smallest absolute Gasteiger partial charge is 0.301 e. The van der Waals surface area contributed by atoms with Gasteiger partial charge in [0.05, 0.1) is 18.2 Å². The maximum Gasteiger partial charge on any atom is 0.301 e. The van der Waals surface area contributed by atoms with E-state index < -0.39 is 17.7 Å². The van der Waals surface area contributed by atoms with Crippen LogP contribution in [0.15, 0.2) is 76.6 Å². The van der Waals surface area contributed by atoms with Crippen LogP contribution < -0.4 is 19.1 Å². The molecule has 1 atom stereocenters. The Labute approximate surface area is 254 Å². The lowest BCUT2D eigenvalue weighted by molar-refractivity contribution is -0.132. The molecule has 0 aliphatic carbocycles. The monoisotopic (exact) mass is 621 g/mol. The van der Waals surface area contributed by atoms with E-state index in [2.05, 4.69) is 10.2 Å². The number of ketones is 1. The average molecular weight is 622 g/mol. The standard InChI is InChI=1S/C30H24ClN3O6S2/c1-2-38-21-5-3-4-18(14-21)25-24(26(35)19-8-11-22-23(15-19)40-13-12-39-22)27(36)28(37)34(25)29-32-33-30(42-29)41-16-17-6-9-20(31)10-7-17/h3-11,14-15,25,35H,2,12-13,16H2,1H3/b26-24+/t25-/m0/s1. The minimum atomic E-state index is -0.972. The quantitative estimate of drug-likeness (QED) is 0.0799. The van der Waals surface area contributed by atoms with Crippen molar-refractivity contribution in [2.75, 3.05) is 24.7 Å². The molecule has 2 aliphatic rings. The van der Waals surface area contributed by atoms with Crippen molar-refractivity contribution in [2.45, 2.75) is 23.1 Å². The number of aliphatic hydroxyl groups excluding tert-OH is 1. The molecule has 1 fully saturated rings. The van der Waals surface area contributed by atoms with E-state index in [-0.39, 0.29) is 16.5 Å². The van der Waals surface area contributed by atoms with Crippen LogP contribution in [-0.4, -0.2) is 46.8 Å². The van der Waals surface area contributed by atoms with Gasteiger partial charge in [0, 0.05) is 16.3 Å². The van der Waals surface area contributed by atoms with Gasteiger partial charge in [0.25, 0.3) is 5.78 Å². The van der Waals surface area contributed by atoms with Gasteiger partial charge in [-0.2, -0.15) is 0 Å². The van der Waals surface area contributed by atoms with Crippen LogP contribution in [0.1, 0.15) is 29.7 Å². The van der Waals surface area contributed by atoms with Crippen molar-refractivity contribution in [3.8, 4) is 17.2 Å². The molecule has 1 amide bonds. The topological polar surface area (TPSA) is 111 Å². The second-order valence-electron chi connectivity index (χ2n) is 9.30. The van der Waals surface area contributed by atoms with E-state index >= 15 is 0 Å². The molecule has 0 saturated carbocycles. The molecule has 0 unspecified atom stereocenters. The molecule has 2 aliphatic heterocycles. The number of benzene rings is 3. The van der Waals surface area contributed by atoms with E-state index in [0.717, 1.165) is 5.56 Å². The lowest BCUT2D eigenvalue weighted by Crippen LogP contribution is -2.29. The first-order valence-corrected chi connectivity index (χ1v) is 15.3. The van der Waals surface area contributed by atoms with Gasteiger partial charge in [-0.15, -0.1) is 10.2 Å². The molecule has 12 heteroatoms. The summed E-state index contributed by atoms with van der Waals surface area (Å²) in [5.41, 5.74) is 1.87. The first-order valence-electron chi connectivity index (χ1n) is 13.1. The van der Waals surface area contributed by atoms with Crippen molar-refractivity contribution in [3.63, 3.8) is 0 Å². The lowest BCUT2D eigenvalue weighted by Gasteiger charge is -2.23. The van der Waals surface area contributed by atoms with Gasteiger partial charge in [-0.25, -0.2) is 0 Å². The number of ether oxygens (including phenoxy) is 3. The predicted molar refractivity (Wildman–Crippen MR) is 161 cm³/mol. The molecule has 0 bridgehead atoms.